The maximum absolute atomic E-state index is 4.07. The first-order valence-electron chi connectivity index (χ1n) is 4.14. The third-order valence-electron chi connectivity index (χ3n) is 2.29. The molecular formula is C7H13N5. The summed E-state index contributed by atoms with van der Waals surface area (Å²) in [5.74, 6) is 0. The summed E-state index contributed by atoms with van der Waals surface area (Å²) in [6.07, 6.45) is 1.79. The molecule has 5 heteroatoms. The van der Waals surface area contributed by atoms with E-state index in [4.69, 9.17) is 0 Å². The van der Waals surface area contributed by atoms with Crippen LogP contribution in [0.1, 0.15) is 11.7 Å². The van der Waals surface area contributed by atoms with Gasteiger partial charge in [-0.25, -0.2) is 0 Å². The van der Waals surface area contributed by atoms with E-state index < -0.39 is 0 Å². The van der Waals surface area contributed by atoms with E-state index in [1.165, 1.54) is 0 Å². The van der Waals surface area contributed by atoms with Crippen LogP contribution in [0.5, 0.6) is 0 Å². The molecule has 0 aliphatic carbocycles. The van der Waals surface area contributed by atoms with Gasteiger partial charge in [-0.3, -0.25) is 4.90 Å². The quantitative estimate of drug-likeness (QED) is 0.585. The second-order valence-electron chi connectivity index (χ2n) is 3.10. The van der Waals surface area contributed by atoms with E-state index >= 15 is 0 Å². The van der Waals surface area contributed by atoms with E-state index in [9.17, 15) is 0 Å². The van der Waals surface area contributed by atoms with Crippen LogP contribution in [-0.2, 0) is 0 Å². The molecule has 1 aliphatic heterocycles. The fourth-order valence-electron chi connectivity index (χ4n) is 1.51. The number of likely N-dealkylation sites (N-methyl/N-ethyl adjacent to an activating group) is 1. The predicted molar refractivity (Wildman–Crippen MR) is 44.6 cm³/mol. The molecule has 0 radical (unpaired) electrons. The van der Waals surface area contributed by atoms with E-state index in [1.54, 1.807) is 6.20 Å². The van der Waals surface area contributed by atoms with Crippen molar-refractivity contribution in [2.75, 3.05) is 26.7 Å². The summed E-state index contributed by atoms with van der Waals surface area (Å²) in [6.45, 7) is 3.09. The van der Waals surface area contributed by atoms with Crippen LogP contribution in [0.25, 0.3) is 0 Å². The monoisotopic (exact) mass is 167 g/mol. The largest absolute Gasteiger partial charge is 0.313 e. The molecule has 2 rings (SSSR count). The Morgan fingerprint density at radius 3 is 3.25 bits per heavy atom. The zero-order chi connectivity index (χ0) is 8.39. The highest BCUT2D eigenvalue weighted by Gasteiger charge is 2.21. The first-order valence-corrected chi connectivity index (χ1v) is 4.14. The van der Waals surface area contributed by atoms with Gasteiger partial charge in [0.15, 0.2) is 0 Å². The van der Waals surface area contributed by atoms with Gasteiger partial charge in [-0.05, 0) is 7.05 Å². The molecule has 0 bridgehead atoms. The van der Waals surface area contributed by atoms with Crippen LogP contribution in [-0.4, -0.2) is 47.0 Å². The van der Waals surface area contributed by atoms with Gasteiger partial charge in [0.1, 0.15) is 5.69 Å². The molecule has 0 spiro atoms. The zero-order valence-corrected chi connectivity index (χ0v) is 7.12. The Bertz CT molecular complexity index is 232. The summed E-state index contributed by atoms with van der Waals surface area (Å²) in [5.41, 5.74) is 1.02. The fraction of sp³-hybridized carbons (Fsp3) is 0.714. The highest BCUT2D eigenvalue weighted by molar-refractivity contribution is 5.02. The molecule has 66 valence electrons. The predicted octanol–water partition coefficient (Wildman–Crippen LogP) is -0.619. The maximum atomic E-state index is 4.07. The molecule has 1 aromatic heterocycles. The summed E-state index contributed by atoms with van der Waals surface area (Å²) in [5, 5.41) is 13.8. The number of aromatic amines is 1. The highest BCUT2D eigenvalue weighted by Crippen LogP contribution is 2.16. The summed E-state index contributed by atoms with van der Waals surface area (Å²) in [4.78, 5) is 2.29. The third kappa shape index (κ3) is 1.33. The van der Waals surface area contributed by atoms with Gasteiger partial charge in [0.2, 0.25) is 0 Å². The van der Waals surface area contributed by atoms with E-state index in [-0.39, 0.29) is 0 Å². The molecule has 2 heterocycles. The summed E-state index contributed by atoms with van der Waals surface area (Å²) >= 11 is 0. The summed E-state index contributed by atoms with van der Waals surface area (Å²) in [6, 6.07) is 0.373. The molecule has 1 aromatic rings. The molecule has 1 atom stereocenters. The minimum Gasteiger partial charge on any atom is -0.313 e. The SMILES string of the molecule is CN1CCNCC1c1cn[nH]n1. The zero-order valence-electron chi connectivity index (χ0n) is 7.12. The number of hydrogen-bond acceptors (Lipinski definition) is 4. The molecule has 0 saturated carbocycles. The Kier molecular flexibility index (Phi) is 2.05. The minimum atomic E-state index is 0.373. The average Bonchev–Trinajstić information content (AvgIpc) is 2.57. The second-order valence-corrected chi connectivity index (χ2v) is 3.10. The van der Waals surface area contributed by atoms with Crippen molar-refractivity contribution in [3.63, 3.8) is 0 Å². The Morgan fingerprint density at radius 2 is 2.58 bits per heavy atom. The number of aromatic nitrogens is 3. The number of piperazine rings is 1. The van der Waals surface area contributed by atoms with Crippen LogP contribution in [0.4, 0.5) is 0 Å². The summed E-state index contributed by atoms with van der Waals surface area (Å²) < 4.78 is 0. The van der Waals surface area contributed by atoms with Gasteiger partial charge in [0, 0.05) is 19.6 Å². The number of hydrogen-bond donors (Lipinski definition) is 2. The molecule has 2 N–H and O–H groups in total. The molecule has 1 fully saturated rings. The van der Waals surface area contributed by atoms with E-state index in [1.807, 2.05) is 0 Å². The van der Waals surface area contributed by atoms with Crippen molar-refractivity contribution >= 4 is 0 Å². The number of H-pyrrole nitrogens is 1. The van der Waals surface area contributed by atoms with Crippen LogP contribution in [0.2, 0.25) is 0 Å². The topological polar surface area (TPSA) is 56.8 Å². The van der Waals surface area contributed by atoms with E-state index in [0.717, 1.165) is 25.3 Å². The smallest absolute Gasteiger partial charge is 0.101 e. The van der Waals surface area contributed by atoms with Crippen LogP contribution in [0.15, 0.2) is 6.20 Å². The first kappa shape index (κ1) is 7.70. The van der Waals surface area contributed by atoms with Gasteiger partial charge < -0.3 is 5.32 Å². The number of nitrogens with zero attached hydrogens (tertiary/aromatic N) is 3. The number of rotatable bonds is 1. The van der Waals surface area contributed by atoms with Gasteiger partial charge in [0.05, 0.1) is 12.2 Å². The maximum Gasteiger partial charge on any atom is 0.101 e. The van der Waals surface area contributed by atoms with Crippen molar-refractivity contribution in [2.24, 2.45) is 0 Å². The molecule has 1 aliphatic rings. The Morgan fingerprint density at radius 1 is 1.67 bits per heavy atom. The first-order chi connectivity index (χ1) is 5.88. The van der Waals surface area contributed by atoms with Crippen molar-refractivity contribution in [1.29, 1.82) is 0 Å². The van der Waals surface area contributed by atoms with Crippen LogP contribution in [0.3, 0.4) is 0 Å². The molecule has 5 nitrogen and oxygen atoms in total. The Balaban J connectivity index is 2.11. The lowest BCUT2D eigenvalue weighted by Gasteiger charge is -2.31. The van der Waals surface area contributed by atoms with Crippen molar-refractivity contribution in [3.8, 4) is 0 Å². The standard InChI is InChI=1S/C7H13N5/c1-12-3-2-8-5-7(12)6-4-9-11-10-6/h4,7-8H,2-3,5H2,1H3,(H,9,10,11). The molecule has 1 saturated heterocycles. The van der Waals surface area contributed by atoms with Gasteiger partial charge in [0.25, 0.3) is 0 Å². The minimum absolute atomic E-state index is 0.373. The van der Waals surface area contributed by atoms with Gasteiger partial charge in [-0.1, -0.05) is 0 Å². The van der Waals surface area contributed by atoms with Crippen LogP contribution >= 0.6 is 0 Å². The third-order valence-corrected chi connectivity index (χ3v) is 2.29. The van der Waals surface area contributed by atoms with Gasteiger partial charge in [-0.15, -0.1) is 0 Å². The second kappa shape index (κ2) is 3.20. The molecule has 1 unspecified atom stereocenters. The van der Waals surface area contributed by atoms with E-state index in [2.05, 4.69) is 32.7 Å². The van der Waals surface area contributed by atoms with Crippen molar-refractivity contribution in [1.82, 2.24) is 25.6 Å². The normalized spacial score (nSPS) is 25.9. The molecule has 0 aromatic carbocycles. The van der Waals surface area contributed by atoms with Crippen molar-refractivity contribution in [2.45, 2.75) is 6.04 Å². The van der Waals surface area contributed by atoms with Crippen molar-refractivity contribution < 1.29 is 0 Å². The van der Waals surface area contributed by atoms with Crippen LogP contribution < -0.4 is 5.32 Å². The lowest BCUT2D eigenvalue weighted by molar-refractivity contribution is 0.198. The van der Waals surface area contributed by atoms with Crippen LogP contribution in [0, 0.1) is 0 Å². The van der Waals surface area contributed by atoms with Crippen molar-refractivity contribution in [3.05, 3.63) is 11.9 Å². The molecule has 12 heavy (non-hydrogen) atoms. The lowest BCUT2D eigenvalue weighted by atomic mass is 10.1. The highest BCUT2D eigenvalue weighted by atomic mass is 15.3. The fourth-order valence-corrected chi connectivity index (χ4v) is 1.51. The molecule has 0 amide bonds. The Hall–Kier alpha value is -0.940. The Labute approximate surface area is 71.1 Å². The molecular weight excluding hydrogens is 154 g/mol. The van der Waals surface area contributed by atoms with E-state index in [0.29, 0.717) is 6.04 Å². The number of nitrogens with one attached hydrogen (secondary N) is 2. The average molecular weight is 167 g/mol. The summed E-state index contributed by atoms with van der Waals surface area (Å²) in [7, 11) is 2.11. The lowest BCUT2D eigenvalue weighted by Crippen LogP contribution is -2.43. The van der Waals surface area contributed by atoms with Gasteiger partial charge in [-0.2, -0.15) is 15.4 Å². The van der Waals surface area contributed by atoms with Gasteiger partial charge >= 0.3 is 0 Å².